The molecule has 13 heteroatoms. The number of hydrogen-bond donors (Lipinski definition) is 1. The standard InChI is InChI=1S/C14H8Cl2F7N3O/c15-8-2-1-3-9(16)7(8)6-26-5-4-10(25-26)24-11(27)12(17,18)13(19,20)14(21,22)23/h1-5H,6H2,(H,24,25,27). The lowest BCUT2D eigenvalue weighted by atomic mass is 10.1. The molecule has 2 rings (SSSR count). The first-order chi connectivity index (χ1) is 12.3. The monoisotopic (exact) mass is 437 g/mol. The van der Waals surface area contributed by atoms with Crippen molar-refractivity contribution in [3.63, 3.8) is 0 Å². The molecule has 4 nitrogen and oxygen atoms in total. The number of nitrogens with zero attached hydrogens (tertiary/aromatic N) is 2. The van der Waals surface area contributed by atoms with Gasteiger partial charge in [0, 0.05) is 27.9 Å². The average Bonchev–Trinajstić information content (AvgIpc) is 2.97. The van der Waals surface area contributed by atoms with Crippen LogP contribution in [0, 0.1) is 0 Å². The van der Waals surface area contributed by atoms with Gasteiger partial charge in [-0.25, -0.2) is 0 Å². The van der Waals surface area contributed by atoms with E-state index in [1.54, 1.807) is 6.07 Å². The highest BCUT2D eigenvalue weighted by Gasteiger charge is 2.76. The van der Waals surface area contributed by atoms with E-state index >= 15 is 0 Å². The summed E-state index contributed by atoms with van der Waals surface area (Å²) in [5.74, 6) is -16.1. The van der Waals surface area contributed by atoms with Gasteiger partial charge in [-0.1, -0.05) is 29.3 Å². The lowest BCUT2D eigenvalue weighted by molar-refractivity contribution is -0.343. The molecule has 1 aromatic carbocycles. The van der Waals surface area contributed by atoms with E-state index in [0.29, 0.717) is 5.56 Å². The summed E-state index contributed by atoms with van der Waals surface area (Å²) >= 11 is 11.9. The summed E-state index contributed by atoms with van der Waals surface area (Å²) in [5.41, 5.74) is 0.385. The molecule has 1 aromatic heterocycles. The van der Waals surface area contributed by atoms with Gasteiger partial charge in [-0.2, -0.15) is 35.8 Å². The summed E-state index contributed by atoms with van der Waals surface area (Å²) in [7, 11) is 0. The van der Waals surface area contributed by atoms with Crippen LogP contribution in [0.1, 0.15) is 5.56 Å². The van der Waals surface area contributed by atoms with Gasteiger partial charge in [0.05, 0.1) is 6.54 Å². The second kappa shape index (κ2) is 7.19. The number of aromatic nitrogens is 2. The first kappa shape index (κ1) is 21.3. The summed E-state index contributed by atoms with van der Waals surface area (Å²) in [5, 5.41) is 5.32. The first-order valence-electron chi connectivity index (χ1n) is 6.87. The van der Waals surface area contributed by atoms with Gasteiger partial charge in [-0.05, 0) is 12.1 Å². The van der Waals surface area contributed by atoms with Crippen LogP contribution in [0.25, 0.3) is 0 Å². The molecule has 0 atom stereocenters. The minimum Gasteiger partial charge on any atom is -0.304 e. The van der Waals surface area contributed by atoms with Crippen molar-refractivity contribution in [2.75, 3.05) is 5.32 Å². The number of nitrogens with one attached hydrogen (secondary N) is 1. The molecule has 0 fully saturated rings. The Bertz CT molecular complexity index is 831. The van der Waals surface area contributed by atoms with Crippen LogP contribution in [-0.2, 0) is 11.3 Å². The molecule has 0 saturated carbocycles. The van der Waals surface area contributed by atoms with Crippen molar-refractivity contribution < 1.29 is 35.5 Å². The summed E-state index contributed by atoms with van der Waals surface area (Å²) < 4.78 is 89.6. The van der Waals surface area contributed by atoms with Gasteiger partial charge in [0.2, 0.25) is 0 Å². The minimum absolute atomic E-state index is 0.0799. The molecule has 27 heavy (non-hydrogen) atoms. The smallest absolute Gasteiger partial charge is 0.304 e. The number of halogens is 9. The summed E-state index contributed by atoms with van der Waals surface area (Å²) in [4.78, 5) is 11.3. The molecule has 1 heterocycles. The number of rotatable bonds is 5. The Balaban J connectivity index is 2.17. The van der Waals surface area contributed by atoms with Crippen molar-refractivity contribution in [3.8, 4) is 0 Å². The van der Waals surface area contributed by atoms with Gasteiger partial charge in [0.25, 0.3) is 0 Å². The fourth-order valence-electron chi connectivity index (χ4n) is 1.88. The highest BCUT2D eigenvalue weighted by molar-refractivity contribution is 6.35. The third-order valence-corrected chi connectivity index (χ3v) is 4.01. The molecule has 0 spiro atoms. The predicted octanol–water partition coefficient (Wildman–Crippen LogP) is 5.01. The second-order valence-corrected chi connectivity index (χ2v) is 6.01. The van der Waals surface area contributed by atoms with Gasteiger partial charge >= 0.3 is 23.9 Å². The number of benzene rings is 1. The molecule has 1 N–H and O–H groups in total. The zero-order valence-corrected chi connectivity index (χ0v) is 14.3. The van der Waals surface area contributed by atoms with E-state index in [9.17, 15) is 35.5 Å². The first-order valence-corrected chi connectivity index (χ1v) is 7.63. The second-order valence-electron chi connectivity index (χ2n) is 5.20. The van der Waals surface area contributed by atoms with Crippen LogP contribution in [0.4, 0.5) is 36.6 Å². The van der Waals surface area contributed by atoms with Gasteiger partial charge in [-0.15, -0.1) is 0 Å². The van der Waals surface area contributed by atoms with Crippen molar-refractivity contribution in [3.05, 3.63) is 46.1 Å². The molecule has 0 unspecified atom stereocenters. The Morgan fingerprint density at radius 3 is 2.11 bits per heavy atom. The highest BCUT2D eigenvalue weighted by Crippen LogP contribution is 2.46. The Labute approximate surface area is 156 Å². The van der Waals surface area contributed by atoms with E-state index in [1.807, 2.05) is 0 Å². The van der Waals surface area contributed by atoms with Crippen LogP contribution in [0.2, 0.25) is 10.0 Å². The van der Waals surface area contributed by atoms with E-state index < -0.39 is 29.7 Å². The molecule has 1 amide bonds. The third-order valence-electron chi connectivity index (χ3n) is 3.30. The van der Waals surface area contributed by atoms with Gasteiger partial charge in [-0.3, -0.25) is 9.48 Å². The van der Waals surface area contributed by atoms with Crippen LogP contribution >= 0.6 is 23.2 Å². The van der Waals surface area contributed by atoms with E-state index in [1.165, 1.54) is 17.4 Å². The Kier molecular flexibility index (Phi) is 5.67. The third kappa shape index (κ3) is 4.13. The summed E-state index contributed by atoms with van der Waals surface area (Å²) in [6.45, 7) is -0.0799. The van der Waals surface area contributed by atoms with E-state index in [2.05, 4.69) is 5.10 Å². The molecule has 0 aliphatic carbocycles. The topological polar surface area (TPSA) is 46.9 Å². The molecule has 0 aliphatic rings. The zero-order chi connectivity index (χ0) is 20.6. The maximum atomic E-state index is 13.3. The van der Waals surface area contributed by atoms with Crippen LogP contribution in [0.5, 0.6) is 0 Å². The molecule has 148 valence electrons. The maximum absolute atomic E-state index is 13.3. The SMILES string of the molecule is O=C(Nc1ccn(Cc2c(Cl)cccc2Cl)n1)C(F)(F)C(F)(F)C(F)(F)F. The number of amides is 1. The lowest BCUT2D eigenvalue weighted by Gasteiger charge is -2.26. The van der Waals surface area contributed by atoms with Crippen molar-refractivity contribution in [1.29, 1.82) is 0 Å². The summed E-state index contributed by atoms with van der Waals surface area (Å²) in [6, 6.07) is 5.50. The predicted molar refractivity (Wildman–Crippen MR) is 82.4 cm³/mol. The van der Waals surface area contributed by atoms with Crippen molar-refractivity contribution in [2.24, 2.45) is 0 Å². The molecule has 0 bridgehead atoms. The Morgan fingerprint density at radius 1 is 1.04 bits per heavy atom. The van der Waals surface area contributed by atoms with E-state index in [-0.39, 0.29) is 16.6 Å². The van der Waals surface area contributed by atoms with E-state index in [0.717, 1.165) is 16.9 Å². The van der Waals surface area contributed by atoms with Crippen LogP contribution in [0.3, 0.4) is 0 Å². The summed E-state index contributed by atoms with van der Waals surface area (Å²) in [6.07, 6.45) is -5.47. The van der Waals surface area contributed by atoms with Crippen LogP contribution in [0.15, 0.2) is 30.5 Å². The number of hydrogen-bond acceptors (Lipinski definition) is 2. The molecule has 2 aromatic rings. The minimum atomic E-state index is -6.62. The molecule has 0 radical (unpaired) electrons. The van der Waals surface area contributed by atoms with Crippen molar-refractivity contribution in [2.45, 2.75) is 24.6 Å². The number of alkyl halides is 7. The highest BCUT2D eigenvalue weighted by atomic mass is 35.5. The fraction of sp³-hybridized carbons (Fsp3) is 0.286. The van der Waals surface area contributed by atoms with Crippen molar-refractivity contribution >= 4 is 34.9 Å². The van der Waals surface area contributed by atoms with E-state index in [4.69, 9.17) is 23.2 Å². The number of carbonyl (C=O) groups excluding carboxylic acids is 1. The molecule has 0 saturated heterocycles. The molecular weight excluding hydrogens is 430 g/mol. The Morgan fingerprint density at radius 2 is 1.59 bits per heavy atom. The van der Waals surface area contributed by atoms with Gasteiger partial charge in [0.15, 0.2) is 5.82 Å². The van der Waals surface area contributed by atoms with Crippen LogP contribution in [-0.4, -0.2) is 33.7 Å². The fourth-order valence-corrected chi connectivity index (χ4v) is 2.39. The quantitative estimate of drug-likeness (QED) is 0.668. The lowest BCUT2D eigenvalue weighted by Crippen LogP contribution is -2.57. The Hall–Kier alpha value is -2.01. The molecular formula is C14H8Cl2F7N3O. The number of anilines is 1. The van der Waals surface area contributed by atoms with Crippen molar-refractivity contribution in [1.82, 2.24) is 9.78 Å². The normalized spacial score (nSPS) is 12.9. The number of carbonyl (C=O) groups is 1. The average molecular weight is 438 g/mol. The zero-order valence-electron chi connectivity index (χ0n) is 12.8. The van der Waals surface area contributed by atoms with Gasteiger partial charge < -0.3 is 5.32 Å². The maximum Gasteiger partial charge on any atom is 0.460 e. The van der Waals surface area contributed by atoms with Gasteiger partial charge in [0.1, 0.15) is 0 Å². The van der Waals surface area contributed by atoms with Crippen LogP contribution < -0.4 is 5.32 Å². The molecule has 0 aliphatic heterocycles. The largest absolute Gasteiger partial charge is 0.460 e.